The summed E-state index contributed by atoms with van der Waals surface area (Å²) in [5.74, 6) is -0.429. The lowest BCUT2D eigenvalue weighted by atomic mass is 9.97. The van der Waals surface area contributed by atoms with Crippen LogP contribution in [0, 0.1) is 17.8 Å². The SMILES string of the molecule is CC(C)[C@@H](CC(=O)NC1CCC2CN(S(=O)(=O)c3cccc(C(F)(F)F)c3)CC21)NC(=O)OC(C)(C)C. The van der Waals surface area contributed by atoms with Gasteiger partial charge < -0.3 is 15.4 Å². The smallest absolute Gasteiger partial charge is 0.416 e. The monoisotopic (exact) mass is 547 g/mol. The fourth-order valence-corrected chi connectivity index (χ4v) is 6.54. The van der Waals surface area contributed by atoms with E-state index in [0.29, 0.717) is 18.9 Å². The molecule has 2 N–H and O–H groups in total. The van der Waals surface area contributed by atoms with Crippen LogP contribution in [0.3, 0.4) is 0 Å². The van der Waals surface area contributed by atoms with Crippen molar-refractivity contribution in [2.24, 2.45) is 17.8 Å². The number of nitrogens with one attached hydrogen (secondary N) is 2. The Labute approximate surface area is 216 Å². The highest BCUT2D eigenvalue weighted by molar-refractivity contribution is 7.89. The highest BCUT2D eigenvalue weighted by Crippen LogP contribution is 2.41. The third-order valence-corrected chi connectivity index (χ3v) is 8.71. The largest absolute Gasteiger partial charge is 0.444 e. The maximum absolute atomic E-state index is 13.1. The summed E-state index contributed by atoms with van der Waals surface area (Å²) < 4.78 is 72.0. The van der Waals surface area contributed by atoms with E-state index in [0.717, 1.165) is 12.1 Å². The van der Waals surface area contributed by atoms with E-state index < -0.39 is 44.4 Å². The second-order valence-electron chi connectivity index (χ2n) is 11.2. The zero-order chi connectivity index (χ0) is 27.8. The Morgan fingerprint density at radius 3 is 2.41 bits per heavy atom. The van der Waals surface area contributed by atoms with Crippen molar-refractivity contribution < 1.29 is 35.9 Å². The van der Waals surface area contributed by atoms with Gasteiger partial charge in [-0.1, -0.05) is 19.9 Å². The van der Waals surface area contributed by atoms with Gasteiger partial charge in [-0.2, -0.15) is 17.5 Å². The van der Waals surface area contributed by atoms with Gasteiger partial charge in [0.25, 0.3) is 0 Å². The number of carbonyl (C=O) groups is 2. The van der Waals surface area contributed by atoms with Crippen molar-refractivity contribution in [3.05, 3.63) is 29.8 Å². The number of hydrogen-bond donors (Lipinski definition) is 2. The zero-order valence-electron chi connectivity index (χ0n) is 21.8. The van der Waals surface area contributed by atoms with Crippen LogP contribution in [0.1, 0.15) is 59.4 Å². The van der Waals surface area contributed by atoms with Crippen molar-refractivity contribution in [3.63, 3.8) is 0 Å². The lowest BCUT2D eigenvalue weighted by Gasteiger charge is -2.27. The Hall–Kier alpha value is -2.34. The van der Waals surface area contributed by atoms with Crippen molar-refractivity contribution in [2.75, 3.05) is 13.1 Å². The van der Waals surface area contributed by atoms with Gasteiger partial charge in [0.1, 0.15) is 5.60 Å². The predicted octanol–water partition coefficient (Wildman–Crippen LogP) is 4.16. The van der Waals surface area contributed by atoms with Gasteiger partial charge in [0.05, 0.1) is 10.5 Å². The van der Waals surface area contributed by atoms with Crippen molar-refractivity contribution in [2.45, 2.75) is 82.6 Å². The Bertz CT molecular complexity index is 1100. The number of sulfonamides is 1. The molecule has 0 radical (unpaired) electrons. The van der Waals surface area contributed by atoms with E-state index in [2.05, 4.69) is 10.6 Å². The molecule has 2 amide bonds. The summed E-state index contributed by atoms with van der Waals surface area (Å²) in [5, 5.41) is 5.74. The molecule has 208 valence electrons. The average Bonchev–Trinajstić information content (AvgIpc) is 3.34. The predicted molar refractivity (Wildman–Crippen MR) is 131 cm³/mol. The van der Waals surface area contributed by atoms with E-state index in [1.54, 1.807) is 20.8 Å². The van der Waals surface area contributed by atoms with Crippen LogP contribution in [0.2, 0.25) is 0 Å². The summed E-state index contributed by atoms with van der Waals surface area (Å²) in [6, 6.07) is 3.05. The number of rotatable bonds is 7. The molecule has 2 aliphatic rings. The van der Waals surface area contributed by atoms with Crippen LogP contribution in [-0.4, -0.2) is 55.5 Å². The molecule has 0 bridgehead atoms. The van der Waals surface area contributed by atoms with Crippen LogP contribution in [0.4, 0.5) is 18.0 Å². The number of halogens is 3. The van der Waals surface area contributed by atoms with Gasteiger partial charge >= 0.3 is 12.3 Å². The summed E-state index contributed by atoms with van der Waals surface area (Å²) in [6.45, 7) is 9.33. The topological polar surface area (TPSA) is 105 Å². The van der Waals surface area contributed by atoms with Crippen molar-refractivity contribution >= 4 is 22.0 Å². The molecule has 1 heterocycles. The molecule has 1 aliphatic carbocycles. The first-order chi connectivity index (χ1) is 17.0. The molecule has 37 heavy (non-hydrogen) atoms. The molecule has 3 unspecified atom stereocenters. The van der Waals surface area contributed by atoms with E-state index in [4.69, 9.17) is 4.74 Å². The van der Waals surface area contributed by atoms with Crippen molar-refractivity contribution in [1.29, 1.82) is 0 Å². The van der Waals surface area contributed by atoms with E-state index >= 15 is 0 Å². The van der Waals surface area contributed by atoms with E-state index in [1.807, 2.05) is 13.8 Å². The Morgan fingerprint density at radius 1 is 1.14 bits per heavy atom. The molecule has 8 nitrogen and oxygen atoms in total. The minimum atomic E-state index is -4.64. The first-order valence-corrected chi connectivity index (χ1v) is 13.9. The van der Waals surface area contributed by atoms with Crippen molar-refractivity contribution in [3.8, 4) is 0 Å². The molecule has 1 saturated heterocycles. The maximum atomic E-state index is 13.1. The molecule has 3 rings (SSSR count). The summed E-state index contributed by atoms with van der Waals surface area (Å²) in [6.07, 6.45) is -3.82. The number of alkyl halides is 3. The fourth-order valence-electron chi connectivity index (χ4n) is 4.96. The van der Waals surface area contributed by atoms with Gasteiger partial charge in [-0.05, 0) is 69.6 Å². The second-order valence-corrected chi connectivity index (χ2v) is 13.2. The Balaban J connectivity index is 1.63. The summed E-state index contributed by atoms with van der Waals surface area (Å²) in [5.41, 5.74) is -1.69. The molecule has 1 saturated carbocycles. The highest BCUT2D eigenvalue weighted by Gasteiger charge is 2.47. The normalized spacial score (nSPS) is 23.5. The number of benzene rings is 1. The van der Waals surface area contributed by atoms with Crippen LogP contribution < -0.4 is 10.6 Å². The number of nitrogens with zero attached hydrogens (tertiary/aromatic N) is 1. The average molecular weight is 548 g/mol. The maximum Gasteiger partial charge on any atom is 0.416 e. The zero-order valence-corrected chi connectivity index (χ0v) is 22.6. The molecule has 1 aromatic rings. The third-order valence-electron chi connectivity index (χ3n) is 6.88. The number of amides is 2. The quantitative estimate of drug-likeness (QED) is 0.534. The summed E-state index contributed by atoms with van der Waals surface area (Å²) in [4.78, 5) is 24.6. The molecule has 0 spiro atoms. The van der Waals surface area contributed by atoms with E-state index in [9.17, 15) is 31.2 Å². The molecule has 12 heteroatoms. The van der Waals surface area contributed by atoms with Crippen LogP contribution >= 0.6 is 0 Å². The molecule has 4 atom stereocenters. The second kappa shape index (κ2) is 10.8. The molecule has 1 aromatic carbocycles. The summed E-state index contributed by atoms with van der Waals surface area (Å²) in [7, 11) is -4.11. The standard InChI is InChI=1S/C25H36F3N3O5S/c1-15(2)21(30-23(33)36-24(3,4)5)12-22(32)29-20-10-9-16-13-31(14-19(16)20)37(34,35)18-8-6-7-17(11-18)25(26,27)28/h6-8,11,15-16,19-21H,9-10,12-14H2,1-5H3,(H,29,32)(H,30,33)/t16?,19?,20?,21-/m1/s1. The van der Waals surface area contributed by atoms with Gasteiger partial charge in [0.15, 0.2) is 0 Å². The number of carbonyl (C=O) groups excluding carboxylic acids is 2. The minimum absolute atomic E-state index is 0.00616. The molecule has 1 aliphatic heterocycles. The van der Waals surface area contributed by atoms with Gasteiger partial charge in [-0.15, -0.1) is 0 Å². The van der Waals surface area contributed by atoms with Gasteiger partial charge in [-0.3, -0.25) is 4.79 Å². The van der Waals surface area contributed by atoms with E-state index in [1.165, 1.54) is 10.4 Å². The summed E-state index contributed by atoms with van der Waals surface area (Å²) >= 11 is 0. The Morgan fingerprint density at radius 2 is 1.81 bits per heavy atom. The first kappa shape index (κ1) is 29.2. The highest BCUT2D eigenvalue weighted by atomic mass is 32.2. The van der Waals surface area contributed by atoms with E-state index in [-0.39, 0.29) is 49.2 Å². The lowest BCUT2D eigenvalue weighted by molar-refractivity contribution is -0.137. The first-order valence-electron chi connectivity index (χ1n) is 12.4. The molecular formula is C25H36F3N3O5S. The number of alkyl carbamates (subject to hydrolysis) is 1. The molecule has 2 fully saturated rings. The van der Waals surface area contributed by atoms with Crippen LogP contribution in [0.25, 0.3) is 0 Å². The number of fused-ring (bicyclic) bond motifs is 1. The lowest BCUT2D eigenvalue weighted by Crippen LogP contribution is -2.46. The van der Waals surface area contributed by atoms with Crippen LogP contribution in [0.5, 0.6) is 0 Å². The van der Waals surface area contributed by atoms with Gasteiger partial charge in [-0.25, -0.2) is 13.2 Å². The van der Waals surface area contributed by atoms with Gasteiger partial charge in [0.2, 0.25) is 15.9 Å². The number of hydrogen-bond acceptors (Lipinski definition) is 5. The molecule has 0 aromatic heterocycles. The number of ether oxygens (including phenoxy) is 1. The minimum Gasteiger partial charge on any atom is -0.444 e. The fraction of sp³-hybridized carbons (Fsp3) is 0.680. The van der Waals surface area contributed by atoms with Gasteiger partial charge in [0, 0.05) is 31.6 Å². The molecular weight excluding hydrogens is 511 g/mol. The van der Waals surface area contributed by atoms with Crippen LogP contribution in [0.15, 0.2) is 29.2 Å². The van der Waals surface area contributed by atoms with Crippen molar-refractivity contribution in [1.82, 2.24) is 14.9 Å². The third kappa shape index (κ3) is 7.37. The Kier molecular flexibility index (Phi) is 8.53. The van der Waals surface area contributed by atoms with Crippen LogP contribution in [-0.2, 0) is 25.7 Å².